The molecule has 1 heterocycles. The molecule has 0 radical (unpaired) electrons. The Morgan fingerprint density at radius 1 is 1.53 bits per heavy atom. The fourth-order valence-corrected chi connectivity index (χ4v) is 1.47. The van der Waals surface area contributed by atoms with Crippen LogP contribution in [0.5, 0.6) is 5.75 Å². The van der Waals surface area contributed by atoms with Gasteiger partial charge in [0.05, 0.1) is 17.4 Å². The van der Waals surface area contributed by atoms with Gasteiger partial charge < -0.3 is 4.74 Å². The summed E-state index contributed by atoms with van der Waals surface area (Å²) in [7, 11) is 0. The lowest BCUT2D eigenvalue weighted by molar-refractivity contribution is 0.111. The molecule has 2 rings (SSSR count). The molecule has 0 atom stereocenters. The highest BCUT2D eigenvalue weighted by atomic mass is 16.5. The highest BCUT2D eigenvalue weighted by Crippen LogP contribution is 2.33. The van der Waals surface area contributed by atoms with Gasteiger partial charge >= 0.3 is 0 Å². The molecule has 0 aromatic carbocycles. The van der Waals surface area contributed by atoms with Crippen LogP contribution >= 0.6 is 0 Å². The van der Waals surface area contributed by atoms with Gasteiger partial charge in [0.25, 0.3) is 0 Å². The van der Waals surface area contributed by atoms with E-state index in [1.807, 2.05) is 0 Å². The summed E-state index contributed by atoms with van der Waals surface area (Å²) in [5, 5.41) is 0. The summed E-state index contributed by atoms with van der Waals surface area (Å²) < 4.78 is 5.75. The molecular weight excluding hydrogens is 190 g/mol. The lowest BCUT2D eigenvalue weighted by atomic mass is 10.1. The van der Waals surface area contributed by atoms with Gasteiger partial charge in [-0.3, -0.25) is 9.78 Å². The lowest BCUT2D eigenvalue weighted by Gasteiger charge is -2.14. The van der Waals surface area contributed by atoms with Crippen LogP contribution in [-0.4, -0.2) is 17.4 Å². The molecule has 3 nitrogen and oxygen atoms in total. The van der Waals surface area contributed by atoms with Crippen molar-refractivity contribution < 1.29 is 9.53 Å². The number of carbonyl (C=O) groups excluding carboxylic acids is 1. The molecule has 1 aliphatic rings. The van der Waals surface area contributed by atoms with E-state index in [0.29, 0.717) is 17.4 Å². The second kappa shape index (κ2) is 4.01. The van der Waals surface area contributed by atoms with Crippen molar-refractivity contribution in [3.63, 3.8) is 0 Å². The van der Waals surface area contributed by atoms with E-state index >= 15 is 0 Å². The number of carbonyl (C=O) groups is 1. The first-order valence-corrected chi connectivity index (χ1v) is 5.33. The van der Waals surface area contributed by atoms with E-state index in [0.717, 1.165) is 24.8 Å². The van der Waals surface area contributed by atoms with Gasteiger partial charge in [0, 0.05) is 6.20 Å². The maximum Gasteiger partial charge on any atom is 0.153 e. The van der Waals surface area contributed by atoms with Crippen molar-refractivity contribution in [3.05, 3.63) is 23.5 Å². The zero-order valence-corrected chi connectivity index (χ0v) is 9.06. The van der Waals surface area contributed by atoms with E-state index < -0.39 is 0 Å². The molecule has 1 aromatic heterocycles. The van der Waals surface area contributed by atoms with Gasteiger partial charge in [-0.2, -0.15) is 0 Å². The maximum absolute atomic E-state index is 10.9. The normalized spacial score (nSPS) is 15.4. The van der Waals surface area contributed by atoms with E-state index in [9.17, 15) is 4.79 Å². The average Bonchev–Trinajstić information content (AvgIpc) is 3.01. The predicted octanol–water partition coefficient (Wildman–Crippen LogP) is 2.56. The molecule has 0 unspecified atom stereocenters. The molecule has 1 saturated carbocycles. The predicted molar refractivity (Wildman–Crippen MR) is 57.4 cm³/mol. The highest BCUT2D eigenvalue weighted by Gasteiger charge is 2.26. The first kappa shape index (κ1) is 10.1. The molecule has 0 spiro atoms. The summed E-state index contributed by atoms with van der Waals surface area (Å²) in [6.45, 7) is 4.10. The van der Waals surface area contributed by atoms with E-state index in [1.165, 1.54) is 0 Å². The number of aldehydes is 1. The van der Waals surface area contributed by atoms with Crippen molar-refractivity contribution in [2.75, 3.05) is 0 Å². The average molecular weight is 205 g/mol. The summed E-state index contributed by atoms with van der Waals surface area (Å²) in [5.74, 6) is 0.962. The molecular formula is C12H15NO2. The number of rotatable bonds is 4. The van der Waals surface area contributed by atoms with Crippen LogP contribution in [-0.2, 0) is 0 Å². The monoisotopic (exact) mass is 205 g/mol. The SMILES string of the molecule is CC(C)c1nccc(C=O)c1OC1CC1. The van der Waals surface area contributed by atoms with Crippen LogP contribution in [0.15, 0.2) is 12.3 Å². The van der Waals surface area contributed by atoms with Gasteiger partial charge in [-0.05, 0) is 24.8 Å². The molecule has 3 heteroatoms. The number of pyridine rings is 1. The second-order valence-electron chi connectivity index (χ2n) is 4.20. The number of hydrogen-bond donors (Lipinski definition) is 0. The smallest absolute Gasteiger partial charge is 0.153 e. The standard InChI is InChI=1S/C12H15NO2/c1-8(2)11-12(15-10-3-4-10)9(7-14)5-6-13-11/h5-8,10H,3-4H2,1-2H3. The summed E-state index contributed by atoms with van der Waals surface area (Å²) in [6.07, 6.45) is 4.98. The molecule has 0 aliphatic heterocycles. The first-order valence-electron chi connectivity index (χ1n) is 5.33. The summed E-state index contributed by atoms with van der Waals surface area (Å²) in [6, 6.07) is 1.70. The topological polar surface area (TPSA) is 39.2 Å². The molecule has 0 N–H and O–H groups in total. The van der Waals surface area contributed by atoms with E-state index in [-0.39, 0.29) is 5.92 Å². The quantitative estimate of drug-likeness (QED) is 0.709. The minimum atomic E-state index is 0.277. The van der Waals surface area contributed by atoms with E-state index in [1.54, 1.807) is 12.3 Å². The minimum Gasteiger partial charge on any atom is -0.488 e. The third-order valence-corrected chi connectivity index (χ3v) is 2.45. The molecule has 1 aromatic rings. The Labute approximate surface area is 89.5 Å². The van der Waals surface area contributed by atoms with Gasteiger partial charge in [0.1, 0.15) is 0 Å². The Morgan fingerprint density at radius 3 is 2.80 bits per heavy atom. The zero-order chi connectivity index (χ0) is 10.8. The number of aromatic nitrogens is 1. The number of nitrogens with zero attached hydrogens (tertiary/aromatic N) is 1. The Morgan fingerprint density at radius 2 is 2.27 bits per heavy atom. The van der Waals surface area contributed by atoms with E-state index in [4.69, 9.17) is 4.74 Å². The Hall–Kier alpha value is -1.38. The number of ether oxygens (including phenoxy) is 1. The molecule has 0 saturated heterocycles. The molecule has 1 fully saturated rings. The second-order valence-corrected chi connectivity index (χ2v) is 4.20. The molecule has 0 amide bonds. The van der Waals surface area contributed by atoms with Crippen LogP contribution < -0.4 is 4.74 Å². The van der Waals surface area contributed by atoms with Crippen LogP contribution in [0.25, 0.3) is 0 Å². The Kier molecular flexibility index (Phi) is 2.71. The minimum absolute atomic E-state index is 0.277. The lowest BCUT2D eigenvalue weighted by Crippen LogP contribution is -2.06. The highest BCUT2D eigenvalue weighted by molar-refractivity contribution is 5.79. The summed E-state index contributed by atoms with van der Waals surface area (Å²) in [5.41, 5.74) is 1.49. The molecule has 15 heavy (non-hydrogen) atoms. The van der Waals surface area contributed by atoms with Crippen molar-refractivity contribution in [2.24, 2.45) is 0 Å². The van der Waals surface area contributed by atoms with E-state index in [2.05, 4.69) is 18.8 Å². The van der Waals surface area contributed by atoms with Crippen molar-refractivity contribution in [2.45, 2.75) is 38.7 Å². The fraction of sp³-hybridized carbons (Fsp3) is 0.500. The fourth-order valence-electron chi connectivity index (χ4n) is 1.47. The molecule has 0 bridgehead atoms. The van der Waals surface area contributed by atoms with Gasteiger partial charge in [-0.25, -0.2) is 0 Å². The largest absolute Gasteiger partial charge is 0.488 e. The van der Waals surface area contributed by atoms with Gasteiger partial charge in [0.2, 0.25) is 0 Å². The third kappa shape index (κ3) is 2.17. The van der Waals surface area contributed by atoms with Crippen LogP contribution in [0.1, 0.15) is 48.7 Å². The van der Waals surface area contributed by atoms with Crippen molar-refractivity contribution in [1.82, 2.24) is 4.98 Å². The van der Waals surface area contributed by atoms with Crippen LogP contribution in [0.2, 0.25) is 0 Å². The first-order chi connectivity index (χ1) is 7.22. The van der Waals surface area contributed by atoms with Crippen LogP contribution in [0.3, 0.4) is 0 Å². The van der Waals surface area contributed by atoms with Crippen molar-refractivity contribution in [1.29, 1.82) is 0 Å². The zero-order valence-electron chi connectivity index (χ0n) is 9.06. The van der Waals surface area contributed by atoms with Crippen molar-refractivity contribution >= 4 is 6.29 Å². The van der Waals surface area contributed by atoms with Gasteiger partial charge in [-0.1, -0.05) is 13.8 Å². The van der Waals surface area contributed by atoms with Crippen LogP contribution in [0, 0.1) is 0 Å². The number of hydrogen-bond acceptors (Lipinski definition) is 3. The summed E-state index contributed by atoms with van der Waals surface area (Å²) in [4.78, 5) is 15.2. The Balaban J connectivity index is 2.38. The summed E-state index contributed by atoms with van der Waals surface area (Å²) >= 11 is 0. The molecule has 80 valence electrons. The van der Waals surface area contributed by atoms with Crippen LogP contribution in [0.4, 0.5) is 0 Å². The van der Waals surface area contributed by atoms with Crippen molar-refractivity contribution in [3.8, 4) is 5.75 Å². The third-order valence-electron chi connectivity index (χ3n) is 2.45. The molecule has 1 aliphatic carbocycles. The van der Waals surface area contributed by atoms with Gasteiger partial charge in [-0.15, -0.1) is 0 Å². The van der Waals surface area contributed by atoms with Gasteiger partial charge in [0.15, 0.2) is 12.0 Å². The Bertz CT molecular complexity index is 370. The maximum atomic E-state index is 10.9.